The molecule has 0 aliphatic carbocycles. The fourth-order valence-corrected chi connectivity index (χ4v) is 2.77. The minimum atomic E-state index is -0.472. The highest BCUT2D eigenvalue weighted by Crippen LogP contribution is 2.22. The highest BCUT2D eigenvalue weighted by molar-refractivity contribution is 9.10. The van der Waals surface area contributed by atoms with Crippen LogP contribution < -0.4 is 5.32 Å². The lowest BCUT2D eigenvalue weighted by atomic mass is 10.1. The van der Waals surface area contributed by atoms with Gasteiger partial charge in [0.25, 0.3) is 5.69 Å². The van der Waals surface area contributed by atoms with E-state index in [0.717, 1.165) is 22.1 Å². The first-order valence-electron chi connectivity index (χ1n) is 7.83. The van der Waals surface area contributed by atoms with Crippen molar-refractivity contribution >= 4 is 33.2 Å². The average Bonchev–Trinajstić information content (AvgIpc) is 2.57. The predicted octanol–water partition coefficient (Wildman–Crippen LogP) is 4.13. The quantitative estimate of drug-likeness (QED) is 0.554. The third-order valence-electron chi connectivity index (χ3n) is 3.82. The van der Waals surface area contributed by atoms with E-state index in [0.29, 0.717) is 18.7 Å². The number of anilines is 1. The minimum absolute atomic E-state index is 0.0352. The molecule has 7 heteroatoms. The zero-order valence-electron chi connectivity index (χ0n) is 14.2. The number of nitro groups is 1. The van der Waals surface area contributed by atoms with Crippen LogP contribution in [0.15, 0.2) is 46.9 Å². The van der Waals surface area contributed by atoms with Crippen molar-refractivity contribution in [1.29, 1.82) is 0 Å². The number of rotatable bonds is 7. The summed E-state index contributed by atoms with van der Waals surface area (Å²) in [5.41, 5.74) is 2.39. The van der Waals surface area contributed by atoms with Gasteiger partial charge in [-0.05, 0) is 31.2 Å². The Bertz CT molecular complexity index is 780. The van der Waals surface area contributed by atoms with E-state index < -0.39 is 4.92 Å². The van der Waals surface area contributed by atoms with Gasteiger partial charge >= 0.3 is 0 Å². The zero-order chi connectivity index (χ0) is 18.4. The molecule has 0 heterocycles. The van der Waals surface area contributed by atoms with Crippen LogP contribution in [0.4, 0.5) is 11.4 Å². The lowest BCUT2D eigenvalue weighted by Gasteiger charge is -2.17. The average molecular weight is 406 g/mol. The van der Waals surface area contributed by atoms with E-state index in [9.17, 15) is 14.9 Å². The summed E-state index contributed by atoms with van der Waals surface area (Å²) in [5.74, 6) is -0.164. The Morgan fingerprint density at radius 3 is 2.68 bits per heavy atom. The van der Waals surface area contributed by atoms with Gasteiger partial charge in [0.2, 0.25) is 5.91 Å². The van der Waals surface area contributed by atoms with Gasteiger partial charge < -0.3 is 10.2 Å². The van der Waals surface area contributed by atoms with E-state index in [4.69, 9.17) is 0 Å². The number of carbonyl (C=O) groups excluding carboxylic acids is 1. The van der Waals surface area contributed by atoms with Crippen molar-refractivity contribution < 1.29 is 9.72 Å². The van der Waals surface area contributed by atoms with Crippen molar-refractivity contribution in [1.82, 2.24) is 4.90 Å². The van der Waals surface area contributed by atoms with E-state index >= 15 is 0 Å². The van der Waals surface area contributed by atoms with Gasteiger partial charge in [0.1, 0.15) is 0 Å². The van der Waals surface area contributed by atoms with E-state index in [2.05, 4.69) is 26.1 Å². The molecule has 0 aliphatic rings. The summed E-state index contributed by atoms with van der Waals surface area (Å²) in [5, 5.41) is 13.6. The monoisotopic (exact) mass is 405 g/mol. The Balaban J connectivity index is 1.89. The Morgan fingerprint density at radius 2 is 2.00 bits per heavy atom. The third kappa shape index (κ3) is 5.65. The zero-order valence-corrected chi connectivity index (χ0v) is 15.7. The predicted molar refractivity (Wildman–Crippen MR) is 102 cm³/mol. The van der Waals surface area contributed by atoms with Crippen LogP contribution in [0.5, 0.6) is 0 Å². The fraction of sp³-hybridized carbons (Fsp3) is 0.278. The number of amides is 1. The van der Waals surface area contributed by atoms with E-state index in [-0.39, 0.29) is 11.6 Å². The maximum absolute atomic E-state index is 12.2. The first kappa shape index (κ1) is 19.1. The van der Waals surface area contributed by atoms with Crippen LogP contribution in [0.25, 0.3) is 0 Å². The molecule has 0 spiro atoms. The van der Waals surface area contributed by atoms with Crippen molar-refractivity contribution in [3.63, 3.8) is 0 Å². The number of benzene rings is 2. The van der Waals surface area contributed by atoms with Gasteiger partial charge in [-0.1, -0.05) is 40.2 Å². The number of nitrogens with zero attached hydrogens (tertiary/aromatic N) is 2. The molecule has 0 saturated carbocycles. The van der Waals surface area contributed by atoms with Gasteiger partial charge in [0.05, 0.1) is 10.6 Å². The van der Waals surface area contributed by atoms with Crippen molar-refractivity contribution in [3.05, 3.63) is 68.2 Å². The molecule has 2 aromatic rings. The van der Waals surface area contributed by atoms with Crippen LogP contribution in [0.2, 0.25) is 0 Å². The summed E-state index contributed by atoms with van der Waals surface area (Å²) in [7, 11) is 1.95. The Hall–Kier alpha value is -2.25. The first-order chi connectivity index (χ1) is 11.9. The van der Waals surface area contributed by atoms with Gasteiger partial charge in [0.15, 0.2) is 0 Å². The minimum Gasteiger partial charge on any atom is -0.326 e. The Kier molecular flexibility index (Phi) is 6.66. The molecule has 1 N–H and O–H groups in total. The maximum atomic E-state index is 12.2. The molecular weight excluding hydrogens is 386 g/mol. The molecule has 0 unspecified atom stereocenters. The third-order valence-corrected chi connectivity index (χ3v) is 4.60. The summed E-state index contributed by atoms with van der Waals surface area (Å²) in [6.07, 6.45) is 0.309. The van der Waals surface area contributed by atoms with Gasteiger partial charge in [-0.2, -0.15) is 0 Å². The summed E-state index contributed by atoms with van der Waals surface area (Å²) in [6, 6.07) is 12.4. The van der Waals surface area contributed by atoms with Gasteiger partial charge in [-0.15, -0.1) is 0 Å². The summed E-state index contributed by atoms with van der Waals surface area (Å²) >= 11 is 3.51. The van der Waals surface area contributed by atoms with Crippen molar-refractivity contribution in [2.24, 2.45) is 0 Å². The molecule has 0 radical (unpaired) electrons. The highest BCUT2D eigenvalue weighted by atomic mass is 79.9. The molecule has 1 amide bonds. The number of non-ortho nitro benzene ring substituents is 1. The second-order valence-corrected chi connectivity index (χ2v) is 6.74. The largest absolute Gasteiger partial charge is 0.326 e. The van der Waals surface area contributed by atoms with Gasteiger partial charge in [-0.3, -0.25) is 14.9 Å². The molecule has 0 aliphatic heterocycles. The topological polar surface area (TPSA) is 75.5 Å². The second-order valence-electron chi connectivity index (χ2n) is 5.88. The fourth-order valence-electron chi connectivity index (χ4n) is 2.36. The normalized spacial score (nSPS) is 10.7. The molecule has 0 bridgehead atoms. The second kappa shape index (κ2) is 8.73. The van der Waals surface area contributed by atoms with Crippen molar-refractivity contribution in [2.45, 2.75) is 19.9 Å². The van der Waals surface area contributed by atoms with Crippen molar-refractivity contribution in [2.75, 3.05) is 18.9 Å². The number of carbonyl (C=O) groups is 1. The number of hydrogen-bond donors (Lipinski definition) is 1. The highest BCUT2D eigenvalue weighted by Gasteiger charge is 2.12. The van der Waals surface area contributed by atoms with Crippen LogP contribution in [0, 0.1) is 17.0 Å². The van der Waals surface area contributed by atoms with Crippen molar-refractivity contribution in [3.8, 4) is 0 Å². The molecule has 0 fully saturated rings. The molecule has 2 rings (SSSR count). The molecule has 25 heavy (non-hydrogen) atoms. The number of nitro benzene ring substituents is 1. The molecule has 6 nitrogen and oxygen atoms in total. The molecule has 2 aromatic carbocycles. The lowest BCUT2D eigenvalue weighted by Crippen LogP contribution is -2.24. The summed E-state index contributed by atoms with van der Waals surface area (Å²) in [4.78, 5) is 24.6. The van der Waals surface area contributed by atoms with Crippen LogP contribution in [0.1, 0.15) is 17.5 Å². The van der Waals surface area contributed by atoms with E-state index in [1.54, 1.807) is 13.0 Å². The first-order valence-corrected chi connectivity index (χ1v) is 8.63. The Labute approximate surface area is 155 Å². The smallest absolute Gasteiger partial charge is 0.271 e. The number of aryl methyl sites for hydroxylation is 1. The number of nitrogens with one attached hydrogen (secondary N) is 1. The Morgan fingerprint density at radius 1 is 1.28 bits per heavy atom. The molecule has 132 valence electrons. The number of hydrogen-bond acceptors (Lipinski definition) is 4. The van der Waals surface area contributed by atoms with Gasteiger partial charge in [-0.25, -0.2) is 0 Å². The molecule has 0 aromatic heterocycles. The standard InChI is InChI=1S/C18H20BrN3O3/c1-13-7-8-15(22(24)25)11-17(13)20-18(23)9-10-21(2)12-14-5-3-4-6-16(14)19/h3-8,11H,9-10,12H2,1-2H3,(H,20,23). The summed E-state index contributed by atoms with van der Waals surface area (Å²) < 4.78 is 1.04. The van der Waals surface area contributed by atoms with E-state index in [1.165, 1.54) is 12.1 Å². The van der Waals surface area contributed by atoms with Gasteiger partial charge in [0, 0.05) is 36.1 Å². The van der Waals surface area contributed by atoms with Crippen LogP contribution >= 0.6 is 15.9 Å². The maximum Gasteiger partial charge on any atom is 0.271 e. The molecule has 0 atom stereocenters. The van der Waals surface area contributed by atoms with E-state index in [1.807, 2.05) is 31.3 Å². The van der Waals surface area contributed by atoms with Crippen LogP contribution in [-0.4, -0.2) is 29.3 Å². The number of halogens is 1. The van der Waals surface area contributed by atoms with Crippen LogP contribution in [0.3, 0.4) is 0 Å². The SMILES string of the molecule is Cc1ccc([N+](=O)[O-])cc1NC(=O)CCN(C)Cc1ccccc1Br. The summed E-state index contributed by atoms with van der Waals surface area (Å²) in [6.45, 7) is 3.12. The van der Waals surface area contributed by atoms with Crippen LogP contribution in [-0.2, 0) is 11.3 Å². The molecule has 0 saturated heterocycles. The molecular formula is C18H20BrN3O3. The lowest BCUT2D eigenvalue weighted by molar-refractivity contribution is -0.384.